The molecule has 16 nitrogen and oxygen atoms in total. The van der Waals surface area contributed by atoms with Gasteiger partial charge in [-0.25, -0.2) is 17.6 Å². The molecule has 0 spiro atoms. The Morgan fingerprint density at radius 3 is 1.57 bits per heavy atom. The molecule has 2 atom stereocenters. The van der Waals surface area contributed by atoms with Gasteiger partial charge in [0.25, 0.3) is 0 Å². The summed E-state index contributed by atoms with van der Waals surface area (Å²) in [6.07, 6.45) is 1.52. The van der Waals surface area contributed by atoms with Gasteiger partial charge < -0.3 is 44.1 Å². The maximum Gasteiger partial charge on any atom is 0.175 e. The van der Waals surface area contributed by atoms with Crippen molar-refractivity contribution in [1.82, 2.24) is 0 Å². The third-order valence-electron chi connectivity index (χ3n) is 7.85. The van der Waals surface area contributed by atoms with E-state index in [9.17, 15) is 17.6 Å². The monoisotopic (exact) mass is 879 g/mol. The largest absolute Gasteiger partial charge is 0.494 e. The lowest BCUT2D eigenvalue weighted by Crippen LogP contribution is -2.12. The molecular formula is C40H46ClF4N7O9. The number of oxime groups is 4. The summed E-state index contributed by atoms with van der Waals surface area (Å²) in [6.45, 7) is 0.119. The number of nitrogens with zero attached hydrogens (tertiary/aromatic N) is 7. The molecule has 2 aliphatic rings. The number of aliphatic hydroxyl groups excluding tert-OH is 1. The molecule has 4 aromatic rings. The predicted molar refractivity (Wildman–Crippen MR) is 222 cm³/mol. The van der Waals surface area contributed by atoms with Gasteiger partial charge in [0.15, 0.2) is 57.5 Å². The lowest BCUT2D eigenvalue weighted by Gasteiger charge is -2.04. The van der Waals surface area contributed by atoms with Gasteiger partial charge >= 0.3 is 0 Å². The van der Waals surface area contributed by atoms with E-state index in [1.807, 2.05) is 0 Å². The molecule has 21 heteroatoms. The van der Waals surface area contributed by atoms with E-state index < -0.39 is 23.3 Å². The second-order valence-corrected chi connectivity index (χ2v) is 12.0. The van der Waals surface area contributed by atoms with Crippen molar-refractivity contribution in [3.63, 3.8) is 0 Å². The number of hydrogen-bond acceptors (Lipinski definition) is 14. The van der Waals surface area contributed by atoms with Crippen molar-refractivity contribution < 1.29 is 61.7 Å². The van der Waals surface area contributed by atoms with Gasteiger partial charge in [0, 0.05) is 34.4 Å². The minimum absolute atomic E-state index is 0. The molecule has 0 saturated heterocycles. The van der Waals surface area contributed by atoms with E-state index in [-0.39, 0.29) is 68.4 Å². The highest BCUT2D eigenvalue weighted by Gasteiger charge is 2.23. The van der Waals surface area contributed by atoms with E-state index in [0.29, 0.717) is 46.5 Å². The van der Waals surface area contributed by atoms with Gasteiger partial charge in [-0.1, -0.05) is 52.2 Å². The Morgan fingerprint density at radius 1 is 0.738 bits per heavy atom. The third-order valence-corrected chi connectivity index (χ3v) is 8.14. The van der Waals surface area contributed by atoms with Crippen molar-refractivity contribution in [3.8, 4) is 23.0 Å². The molecule has 61 heavy (non-hydrogen) atoms. The molecule has 2 aliphatic heterocycles. The fraction of sp³-hybridized carbons (Fsp3) is 0.300. The van der Waals surface area contributed by atoms with E-state index in [2.05, 4.69) is 30.6 Å². The van der Waals surface area contributed by atoms with Crippen molar-refractivity contribution in [3.05, 3.63) is 129 Å². The summed E-state index contributed by atoms with van der Waals surface area (Å²) in [5, 5.41) is 41.8. The first-order valence-corrected chi connectivity index (χ1v) is 17.3. The van der Waals surface area contributed by atoms with Crippen LogP contribution in [0.3, 0.4) is 0 Å². The zero-order valence-electron chi connectivity index (χ0n) is 31.8. The standard InChI is InChI=1S/C11H11FN4O2.C11H12FNO3.C8H7ClFNO2.C8H8FNO2.2CH4/c1-17-11-3-2-7(4-9(11)12)10-5-8(18-15-10)6-14-16-13;1-15-11-3-2-7(4-9(11)12)10-5-8(6-14)16-13-10;1-13-7-3-2-5(4-6(7)10)8(9)11-12;1-12-8-3-2-6(5-10-11)4-7(8)9;;/h2-4,8H,5-6H2,1H3;2-4,8,14H,5-6H2,1H3;2-4,12H,1H3;2-5,11H,1H3;2*1H4/b;;11-8+;10-5-;;. The molecule has 0 fully saturated rings. The van der Waals surface area contributed by atoms with Crippen LogP contribution in [0.5, 0.6) is 23.0 Å². The third kappa shape index (κ3) is 15.7. The van der Waals surface area contributed by atoms with E-state index in [1.54, 1.807) is 24.3 Å². The van der Waals surface area contributed by atoms with E-state index in [0.717, 1.165) is 12.3 Å². The fourth-order valence-corrected chi connectivity index (χ4v) is 5.01. The van der Waals surface area contributed by atoms with Gasteiger partial charge in [0.2, 0.25) is 0 Å². The summed E-state index contributed by atoms with van der Waals surface area (Å²) in [5.41, 5.74) is 11.5. The van der Waals surface area contributed by atoms with Crippen molar-refractivity contribution in [1.29, 1.82) is 0 Å². The van der Waals surface area contributed by atoms with Crippen LogP contribution in [0.15, 0.2) is 98.5 Å². The van der Waals surface area contributed by atoms with Crippen LogP contribution in [-0.4, -0.2) is 92.1 Å². The Kier molecular flexibility index (Phi) is 23.2. The van der Waals surface area contributed by atoms with Gasteiger partial charge in [0.1, 0.15) is 6.10 Å². The van der Waals surface area contributed by atoms with Gasteiger partial charge in [-0.3, -0.25) is 0 Å². The van der Waals surface area contributed by atoms with Crippen molar-refractivity contribution >= 4 is 34.4 Å². The number of ether oxygens (including phenoxy) is 4. The van der Waals surface area contributed by atoms with Crippen LogP contribution in [0.25, 0.3) is 10.4 Å². The molecule has 2 heterocycles. The number of aliphatic hydroxyl groups is 1. The number of methoxy groups -OCH3 is 4. The van der Waals surface area contributed by atoms with Crippen molar-refractivity contribution in [2.75, 3.05) is 41.6 Å². The number of hydrogen-bond donors (Lipinski definition) is 3. The van der Waals surface area contributed by atoms with Crippen LogP contribution in [-0.2, 0) is 9.68 Å². The average Bonchev–Trinajstić information content (AvgIpc) is 3.94. The molecule has 0 amide bonds. The molecule has 0 aromatic heterocycles. The van der Waals surface area contributed by atoms with Gasteiger partial charge in [-0.2, -0.15) is 0 Å². The summed E-state index contributed by atoms with van der Waals surface area (Å²) >= 11 is 5.45. The molecule has 3 N–H and O–H groups in total. The van der Waals surface area contributed by atoms with Crippen LogP contribution in [0, 0.1) is 23.3 Å². The highest BCUT2D eigenvalue weighted by molar-refractivity contribution is 6.69. The van der Waals surface area contributed by atoms with Crippen molar-refractivity contribution in [2.24, 2.45) is 25.7 Å². The lowest BCUT2D eigenvalue weighted by atomic mass is 10.0. The first kappa shape index (κ1) is 52.3. The molecule has 0 bridgehead atoms. The molecule has 4 aromatic carbocycles. The topological polar surface area (TPSA) is 214 Å². The molecule has 330 valence electrons. The first-order chi connectivity index (χ1) is 28.4. The normalized spacial score (nSPS) is 14.8. The zero-order chi connectivity index (χ0) is 43.3. The maximum absolute atomic E-state index is 13.5. The summed E-state index contributed by atoms with van der Waals surface area (Å²) < 4.78 is 71.9. The summed E-state index contributed by atoms with van der Waals surface area (Å²) in [7, 11) is 5.57. The smallest absolute Gasteiger partial charge is 0.175 e. The van der Waals surface area contributed by atoms with E-state index >= 15 is 0 Å². The van der Waals surface area contributed by atoms with Crippen LogP contribution < -0.4 is 18.9 Å². The Bertz CT molecular complexity index is 2190. The van der Waals surface area contributed by atoms with Crippen LogP contribution in [0.4, 0.5) is 17.6 Å². The number of benzene rings is 4. The number of azide groups is 1. The minimum atomic E-state index is -0.554. The molecular weight excluding hydrogens is 834 g/mol. The van der Waals surface area contributed by atoms with Crippen LogP contribution in [0.1, 0.15) is 49.9 Å². The zero-order valence-corrected chi connectivity index (χ0v) is 32.6. The lowest BCUT2D eigenvalue weighted by molar-refractivity contribution is 0.0390. The second kappa shape index (κ2) is 27.1. The Labute approximate surface area is 354 Å². The van der Waals surface area contributed by atoms with Gasteiger partial charge in [0.05, 0.1) is 59.2 Å². The van der Waals surface area contributed by atoms with Crippen LogP contribution >= 0.6 is 11.6 Å². The molecule has 0 saturated carbocycles. The summed E-state index contributed by atoms with van der Waals surface area (Å²) in [4.78, 5) is 12.7. The van der Waals surface area contributed by atoms with Gasteiger partial charge in [-0.15, -0.1) is 0 Å². The highest BCUT2D eigenvalue weighted by Crippen LogP contribution is 2.24. The minimum Gasteiger partial charge on any atom is -0.494 e. The Morgan fingerprint density at radius 2 is 1.18 bits per heavy atom. The van der Waals surface area contributed by atoms with E-state index in [4.69, 9.17) is 61.3 Å². The fourth-order valence-electron chi connectivity index (χ4n) is 4.89. The predicted octanol–water partition coefficient (Wildman–Crippen LogP) is 9.08. The molecule has 0 aliphatic carbocycles. The summed E-state index contributed by atoms with van der Waals surface area (Å²) in [5.74, 6) is -1.25. The van der Waals surface area contributed by atoms with Crippen molar-refractivity contribution in [2.45, 2.75) is 39.9 Å². The molecule has 6 rings (SSSR count). The summed E-state index contributed by atoms with van der Waals surface area (Å²) in [6, 6.07) is 17.5. The second-order valence-electron chi connectivity index (χ2n) is 11.6. The quantitative estimate of drug-likeness (QED) is 0.0249. The Balaban J connectivity index is 0.000000407. The Hall–Kier alpha value is -6.76. The number of rotatable bonds is 11. The first-order valence-electron chi connectivity index (χ1n) is 16.9. The average molecular weight is 880 g/mol. The van der Waals surface area contributed by atoms with Crippen LogP contribution in [0.2, 0.25) is 0 Å². The van der Waals surface area contributed by atoms with E-state index in [1.165, 1.54) is 70.9 Å². The highest BCUT2D eigenvalue weighted by atomic mass is 35.5. The maximum atomic E-state index is 13.5. The number of halogens is 5. The SMILES string of the molecule is C.C.COc1ccc(/C(Cl)=N\O)cc1F.COc1ccc(/C=N\O)cc1F.COc1ccc(C2=NOC(CN=[N+]=[N-])C2)cc1F.COc1ccc(C2=NOC(CO)C2)cc1F. The van der Waals surface area contributed by atoms with Gasteiger partial charge in [-0.05, 0) is 83.9 Å². The molecule has 0 radical (unpaired) electrons. The molecule has 2 unspecified atom stereocenters.